The summed E-state index contributed by atoms with van der Waals surface area (Å²) in [6, 6.07) is 0. The number of nitrogens with zero attached hydrogens (tertiary/aromatic N) is 2. The number of anilines is 1. The molecule has 1 atom stereocenters. The lowest BCUT2D eigenvalue weighted by Crippen LogP contribution is -2.28. The third-order valence-electron chi connectivity index (χ3n) is 3.30. The van der Waals surface area contributed by atoms with E-state index in [0.29, 0.717) is 23.9 Å². The molecule has 0 aliphatic carbocycles. The normalized spacial score (nSPS) is 17.9. The molecule has 2 rings (SSSR count). The predicted molar refractivity (Wildman–Crippen MR) is 76.8 cm³/mol. The van der Waals surface area contributed by atoms with Gasteiger partial charge in [-0.15, -0.1) is 11.3 Å². The molecule has 1 aromatic rings. The van der Waals surface area contributed by atoms with E-state index in [9.17, 15) is 14.4 Å². The second-order valence-corrected chi connectivity index (χ2v) is 5.58. The average Bonchev–Trinajstić information content (AvgIpc) is 3.05. The number of hydrogen-bond acceptors (Lipinski definition) is 6. The first-order chi connectivity index (χ1) is 10.0. The standard InChI is InChI=1S/C13H17N3O4S/c1-3-16-6-8(4-10(16)17)12(19)15-13-14-9(7-21-13)5-11(18)20-2/h7-8H,3-6H2,1-2H3,(H,14,15,19). The second kappa shape index (κ2) is 6.66. The summed E-state index contributed by atoms with van der Waals surface area (Å²) in [6.07, 6.45) is 0.314. The number of likely N-dealkylation sites (tertiary alicyclic amines) is 1. The summed E-state index contributed by atoms with van der Waals surface area (Å²) in [5, 5.41) is 4.83. The molecule has 1 unspecified atom stereocenters. The first-order valence-electron chi connectivity index (χ1n) is 6.63. The van der Waals surface area contributed by atoms with Crippen molar-refractivity contribution in [1.29, 1.82) is 0 Å². The van der Waals surface area contributed by atoms with Crippen LogP contribution in [0.4, 0.5) is 5.13 Å². The molecule has 0 spiro atoms. The summed E-state index contributed by atoms with van der Waals surface area (Å²) in [5.41, 5.74) is 0.555. The van der Waals surface area contributed by atoms with E-state index < -0.39 is 0 Å². The van der Waals surface area contributed by atoms with Crippen molar-refractivity contribution in [2.45, 2.75) is 19.8 Å². The molecular weight excluding hydrogens is 294 g/mol. The average molecular weight is 311 g/mol. The van der Waals surface area contributed by atoms with Crippen LogP contribution in [0, 0.1) is 5.92 Å². The van der Waals surface area contributed by atoms with Crippen LogP contribution in [0.1, 0.15) is 19.0 Å². The lowest BCUT2D eigenvalue weighted by molar-refractivity contribution is -0.139. The summed E-state index contributed by atoms with van der Waals surface area (Å²) < 4.78 is 4.56. The molecule has 0 saturated carbocycles. The molecule has 1 aliphatic heterocycles. The topological polar surface area (TPSA) is 88.6 Å². The number of nitrogens with one attached hydrogen (secondary N) is 1. The fraction of sp³-hybridized carbons (Fsp3) is 0.538. The number of aromatic nitrogens is 1. The third kappa shape index (κ3) is 3.78. The van der Waals surface area contributed by atoms with Gasteiger partial charge in [0, 0.05) is 24.9 Å². The minimum Gasteiger partial charge on any atom is -0.469 e. The summed E-state index contributed by atoms with van der Waals surface area (Å²) in [6.45, 7) is 2.95. The first-order valence-corrected chi connectivity index (χ1v) is 7.51. The smallest absolute Gasteiger partial charge is 0.311 e. The van der Waals surface area contributed by atoms with Gasteiger partial charge >= 0.3 is 5.97 Å². The van der Waals surface area contributed by atoms with Crippen LogP contribution in [-0.2, 0) is 25.5 Å². The Labute approximate surface area is 126 Å². The minimum absolute atomic E-state index is 0.00293. The van der Waals surface area contributed by atoms with Gasteiger partial charge in [0.25, 0.3) is 0 Å². The zero-order valence-electron chi connectivity index (χ0n) is 11.9. The fourth-order valence-corrected chi connectivity index (χ4v) is 2.84. The van der Waals surface area contributed by atoms with Crippen molar-refractivity contribution in [3.63, 3.8) is 0 Å². The van der Waals surface area contributed by atoms with Gasteiger partial charge in [-0.05, 0) is 6.92 Å². The summed E-state index contributed by atoms with van der Waals surface area (Å²) in [4.78, 5) is 40.7. The number of thiazole rings is 1. The molecule has 0 aromatic carbocycles. The Morgan fingerprint density at radius 1 is 1.57 bits per heavy atom. The largest absolute Gasteiger partial charge is 0.469 e. The molecule has 2 amide bonds. The van der Waals surface area contributed by atoms with E-state index in [1.54, 1.807) is 10.3 Å². The number of methoxy groups -OCH3 is 1. The van der Waals surface area contributed by atoms with E-state index >= 15 is 0 Å². The SMILES string of the molecule is CCN1CC(C(=O)Nc2nc(CC(=O)OC)cs2)CC1=O. The van der Waals surface area contributed by atoms with Crippen molar-refractivity contribution in [1.82, 2.24) is 9.88 Å². The van der Waals surface area contributed by atoms with E-state index in [1.807, 2.05) is 6.92 Å². The molecule has 0 radical (unpaired) electrons. The van der Waals surface area contributed by atoms with Crippen LogP contribution in [0.3, 0.4) is 0 Å². The Morgan fingerprint density at radius 2 is 2.33 bits per heavy atom. The molecule has 1 aliphatic rings. The molecule has 1 fully saturated rings. The van der Waals surface area contributed by atoms with Crippen molar-refractivity contribution in [3.05, 3.63) is 11.1 Å². The van der Waals surface area contributed by atoms with Crippen molar-refractivity contribution in [2.24, 2.45) is 5.92 Å². The Kier molecular flexibility index (Phi) is 4.89. The summed E-state index contributed by atoms with van der Waals surface area (Å²) >= 11 is 1.25. The zero-order chi connectivity index (χ0) is 15.4. The molecule has 2 heterocycles. The van der Waals surface area contributed by atoms with Gasteiger partial charge in [0.1, 0.15) is 0 Å². The van der Waals surface area contributed by atoms with Gasteiger partial charge in [-0.2, -0.15) is 0 Å². The maximum atomic E-state index is 12.1. The van der Waals surface area contributed by atoms with Gasteiger partial charge in [0.2, 0.25) is 11.8 Å². The molecule has 8 heteroatoms. The maximum absolute atomic E-state index is 12.1. The predicted octanol–water partition coefficient (Wildman–Crippen LogP) is 0.665. The highest BCUT2D eigenvalue weighted by atomic mass is 32.1. The van der Waals surface area contributed by atoms with Gasteiger partial charge in [0.15, 0.2) is 5.13 Å². The van der Waals surface area contributed by atoms with Crippen molar-refractivity contribution >= 4 is 34.3 Å². The highest BCUT2D eigenvalue weighted by molar-refractivity contribution is 7.13. The van der Waals surface area contributed by atoms with Crippen LogP contribution in [0.25, 0.3) is 0 Å². The van der Waals surface area contributed by atoms with Crippen LogP contribution in [-0.4, -0.2) is 47.9 Å². The second-order valence-electron chi connectivity index (χ2n) is 4.72. The van der Waals surface area contributed by atoms with Gasteiger partial charge in [0.05, 0.1) is 25.1 Å². The number of rotatable bonds is 5. The minimum atomic E-state index is -0.377. The van der Waals surface area contributed by atoms with Crippen LogP contribution in [0.2, 0.25) is 0 Å². The van der Waals surface area contributed by atoms with Crippen molar-refractivity contribution in [2.75, 3.05) is 25.5 Å². The quantitative estimate of drug-likeness (QED) is 0.807. The third-order valence-corrected chi connectivity index (χ3v) is 4.11. The zero-order valence-corrected chi connectivity index (χ0v) is 12.7. The highest BCUT2D eigenvalue weighted by Crippen LogP contribution is 2.21. The molecular formula is C13H17N3O4S. The van der Waals surface area contributed by atoms with Crippen LogP contribution in [0.15, 0.2) is 5.38 Å². The Morgan fingerprint density at radius 3 is 2.95 bits per heavy atom. The fourth-order valence-electron chi connectivity index (χ4n) is 2.13. The highest BCUT2D eigenvalue weighted by Gasteiger charge is 2.33. The van der Waals surface area contributed by atoms with Crippen LogP contribution >= 0.6 is 11.3 Å². The molecule has 1 saturated heterocycles. The van der Waals surface area contributed by atoms with E-state index in [2.05, 4.69) is 15.0 Å². The lowest BCUT2D eigenvalue weighted by atomic mass is 10.1. The molecule has 21 heavy (non-hydrogen) atoms. The molecule has 0 bridgehead atoms. The van der Waals surface area contributed by atoms with Gasteiger partial charge in [-0.3, -0.25) is 14.4 Å². The number of esters is 1. The van der Waals surface area contributed by atoms with Crippen molar-refractivity contribution in [3.8, 4) is 0 Å². The Hall–Kier alpha value is -1.96. The van der Waals surface area contributed by atoms with Gasteiger partial charge < -0.3 is 15.0 Å². The van der Waals surface area contributed by atoms with E-state index in [4.69, 9.17) is 0 Å². The van der Waals surface area contributed by atoms with Crippen LogP contribution in [0.5, 0.6) is 0 Å². The number of carbonyl (C=O) groups is 3. The van der Waals surface area contributed by atoms with Crippen molar-refractivity contribution < 1.29 is 19.1 Å². The lowest BCUT2D eigenvalue weighted by Gasteiger charge is -2.12. The summed E-state index contributed by atoms with van der Waals surface area (Å²) in [7, 11) is 1.31. The van der Waals surface area contributed by atoms with E-state index in [-0.39, 0.29) is 36.5 Å². The number of amides is 2. The molecule has 1 aromatic heterocycles. The van der Waals surface area contributed by atoms with Gasteiger partial charge in [-0.25, -0.2) is 4.98 Å². The van der Waals surface area contributed by atoms with Gasteiger partial charge in [-0.1, -0.05) is 0 Å². The number of carbonyl (C=O) groups excluding carboxylic acids is 3. The molecule has 1 N–H and O–H groups in total. The Bertz CT molecular complexity index is 557. The summed E-state index contributed by atoms with van der Waals surface area (Å²) in [5.74, 6) is -0.926. The first kappa shape index (κ1) is 15.4. The van der Waals surface area contributed by atoms with Crippen LogP contribution < -0.4 is 5.32 Å². The Balaban J connectivity index is 1.91. The van der Waals surface area contributed by atoms with E-state index in [1.165, 1.54) is 18.4 Å². The number of hydrogen-bond donors (Lipinski definition) is 1. The maximum Gasteiger partial charge on any atom is 0.311 e. The molecule has 114 valence electrons. The monoisotopic (exact) mass is 311 g/mol. The molecule has 7 nitrogen and oxygen atoms in total. The number of ether oxygens (including phenoxy) is 1. The van der Waals surface area contributed by atoms with E-state index in [0.717, 1.165) is 0 Å².